The number of hydrogen-bond donors (Lipinski definition) is 1. The zero-order valence-corrected chi connectivity index (χ0v) is 22.6. The van der Waals surface area contributed by atoms with Gasteiger partial charge in [-0.1, -0.05) is 31.2 Å². The van der Waals surface area contributed by atoms with Crippen LogP contribution in [0.15, 0.2) is 53.4 Å². The zero-order chi connectivity index (χ0) is 26.2. The number of rotatable bonds is 6. The van der Waals surface area contributed by atoms with Gasteiger partial charge < -0.3 is 10.1 Å². The summed E-state index contributed by atoms with van der Waals surface area (Å²) in [6.07, 6.45) is 3.31. The zero-order valence-electron chi connectivity index (χ0n) is 21.0. The molecule has 1 aliphatic carbocycles. The number of esters is 1. The predicted molar refractivity (Wildman–Crippen MR) is 144 cm³/mol. The molecule has 0 saturated carbocycles. The predicted octanol–water partition coefficient (Wildman–Crippen LogP) is 5.05. The first-order chi connectivity index (χ1) is 17.8. The first-order valence-electron chi connectivity index (χ1n) is 12.6. The van der Waals surface area contributed by atoms with Crippen LogP contribution in [-0.4, -0.2) is 37.8 Å². The highest BCUT2D eigenvalue weighted by atomic mass is 32.2. The van der Waals surface area contributed by atoms with Crippen molar-refractivity contribution in [3.05, 3.63) is 81.2 Å². The molecule has 0 bridgehead atoms. The number of amides is 1. The van der Waals surface area contributed by atoms with Crippen molar-refractivity contribution in [2.75, 3.05) is 18.5 Å². The molecular formula is C28H30N2O5S2. The van der Waals surface area contributed by atoms with Gasteiger partial charge in [-0.15, -0.1) is 11.3 Å². The monoisotopic (exact) mass is 538 g/mol. The van der Waals surface area contributed by atoms with E-state index in [1.54, 1.807) is 6.92 Å². The molecule has 0 spiro atoms. The minimum Gasteiger partial charge on any atom is -0.462 e. The molecule has 9 heteroatoms. The summed E-state index contributed by atoms with van der Waals surface area (Å²) in [7, 11) is -3.70. The third kappa shape index (κ3) is 5.08. The van der Waals surface area contributed by atoms with Crippen molar-refractivity contribution < 1.29 is 22.7 Å². The minimum atomic E-state index is -3.70. The Labute approximate surface area is 221 Å². The summed E-state index contributed by atoms with van der Waals surface area (Å²) >= 11 is 1.43. The number of benzene rings is 2. The Morgan fingerprint density at radius 1 is 1.08 bits per heavy atom. The fraction of sp³-hybridized carbons (Fsp3) is 0.357. The van der Waals surface area contributed by atoms with Crippen LogP contribution in [0.3, 0.4) is 0 Å². The molecule has 194 valence electrons. The van der Waals surface area contributed by atoms with Crippen molar-refractivity contribution in [2.45, 2.75) is 51.0 Å². The van der Waals surface area contributed by atoms with Crippen LogP contribution >= 0.6 is 11.3 Å². The first kappa shape index (κ1) is 25.6. The van der Waals surface area contributed by atoms with Gasteiger partial charge in [-0.3, -0.25) is 4.79 Å². The van der Waals surface area contributed by atoms with E-state index >= 15 is 0 Å². The summed E-state index contributed by atoms with van der Waals surface area (Å²) in [6.45, 7) is 4.95. The molecule has 0 radical (unpaired) electrons. The van der Waals surface area contributed by atoms with Crippen molar-refractivity contribution in [2.24, 2.45) is 5.92 Å². The molecule has 5 rings (SSSR count). The Kier molecular flexibility index (Phi) is 7.20. The largest absolute Gasteiger partial charge is 0.462 e. The van der Waals surface area contributed by atoms with E-state index in [2.05, 4.69) is 12.2 Å². The van der Waals surface area contributed by atoms with Crippen LogP contribution in [0, 0.1) is 5.92 Å². The molecule has 1 unspecified atom stereocenters. The Hall–Kier alpha value is -3.01. The van der Waals surface area contributed by atoms with Gasteiger partial charge >= 0.3 is 5.97 Å². The van der Waals surface area contributed by atoms with E-state index in [4.69, 9.17) is 4.74 Å². The number of thiophene rings is 1. The maximum Gasteiger partial charge on any atom is 0.341 e. The Morgan fingerprint density at radius 2 is 1.81 bits per heavy atom. The molecule has 0 saturated heterocycles. The highest BCUT2D eigenvalue weighted by molar-refractivity contribution is 7.89. The SMILES string of the molecule is CCOC(=O)c1c(NC(=O)c2ccc(S(=O)(=O)N3CCc4ccccc4C3)cc2)sc2c1CCC(C)C2. The summed E-state index contributed by atoms with van der Waals surface area (Å²) in [6, 6.07) is 13.8. The number of ether oxygens (including phenoxy) is 1. The van der Waals surface area contributed by atoms with Gasteiger partial charge in [-0.2, -0.15) is 4.31 Å². The van der Waals surface area contributed by atoms with E-state index in [0.29, 0.717) is 41.6 Å². The lowest BCUT2D eigenvalue weighted by Gasteiger charge is -2.28. The van der Waals surface area contributed by atoms with E-state index in [1.807, 2.05) is 24.3 Å². The molecule has 1 atom stereocenters. The standard InChI is InChI=1S/C28H30N2O5S2/c1-3-35-28(32)25-23-13-8-18(2)16-24(23)36-27(25)29-26(31)20-9-11-22(12-10-20)37(33,34)30-15-14-19-6-4-5-7-21(19)17-30/h4-7,9-12,18H,3,8,13-17H2,1-2H3,(H,29,31). The summed E-state index contributed by atoms with van der Waals surface area (Å²) in [5, 5.41) is 3.38. The number of carbonyl (C=O) groups is 2. The number of hydrogen-bond acceptors (Lipinski definition) is 6. The van der Waals surface area contributed by atoms with Crippen molar-refractivity contribution >= 4 is 38.2 Å². The topological polar surface area (TPSA) is 92.8 Å². The highest BCUT2D eigenvalue weighted by Gasteiger charge is 2.30. The van der Waals surface area contributed by atoms with E-state index in [0.717, 1.165) is 35.3 Å². The molecule has 1 aliphatic heterocycles. The van der Waals surface area contributed by atoms with E-state index in [1.165, 1.54) is 45.5 Å². The van der Waals surface area contributed by atoms with Crippen LogP contribution in [0.1, 0.15) is 62.6 Å². The first-order valence-corrected chi connectivity index (χ1v) is 14.8. The second kappa shape index (κ2) is 10.4. The van der Waals surface area contributed by atoms with E-state index < -0.39 is 21.9 Å². The van der Waals surface area contributed by atoms with E-state index in [-0.39, 0.29) is 11.5 Å². The Morgan fingerprint density at radius 3 is 2.54 bits per heavy atom. The molecule has 1 amide bonds. The molecule has 3 aromatic rings. The lowest BCUT2D eigenvalue weighted by molar-refractivity contribution is 0.0526. The highest BCUT2D eigenvalue weighted by Crippen LogP contribution is 2.40. The molecular weight excluding hydrogens is 508 g/mol. The maximum atomic E-state index is 13.3. The van der Waals surface area contributed by atoms with E-state index in [9.17, 15) is 18.0 Å². The van der Waals surface area contributed by atoms with Crippen LogP contribution in [0.25, 0.3) is 0 Å². The van der Waals surface area contributed by atoms with Crippen LogP contribution in [0.2, 0.25) is 0 Å². The third-order valence-corrected chi connectivity index (χ3v) is 10.1. The number of nitrogens with zero attached hydrogens (tertiary/aromatic N) is 1. The lowest BCUT2D eigenvalue weighted by atomic mass is 9.88. The number of fused-ring (bicyclic) bond motifs is 2. The third-order valence-electron chi connectivity index (χ3n) is 7.07. The van der Waals surface area contributed by atoms with Crippen LogP contribution in [-0.2, 0) is 40.6 Å². The average Bonchev–Trinajstić information content (AvgIpc) is 3.25. The number of nitrogens with one attached hydrogen (secondary N) is 1. The normalized spacial score (nSPS) is 17.5. The van der Waals surface area contributed by atoms with Crippen molar-refractivity contribution in [1.82, 2.24) is 4.31 Å². The van der Waals surface area contributed by atoms with Crippen molar-refractivity contribution in [1.29, 1.82) is 0 Å². The Bertz CT molecular complexity index is 1440. The molecule has 7 nitrogen and oxygen atoms in total. The molecule has 2 heterocycles. The van der Waals surface area contributed by atoms with Gasteiger partial charge in [0.05, 0.1) is 17.1 Å². The quantitative estimate of drug-likeness (QED) is 0.444. The van der Waals surface area contributed by atoms with Gasteiger partial charge in [0.2, 0.25) is 10.0 Å². The second-order valence-corrected chi connectivity index (χ2v) is 12.7. The summed E-state index contributed by atoms with van der Waals surface area (Å²) in [4.78, 5) is 27.1. The molecule has 37 heavy (non-hydrogen) atoms. The average molecular weight is 539 g/mol. The van der Waals surface area contributed by atoms with Gasteiger partial charge in [0.25, 0.3) is 5.91 Å². The smallest absolute Gasteiger partial charge is 0.341 e. The second-order valence-electron chi connectivity index (χ2n) is 9.61. The lowest BCUT2D eigenvalue weighted by Crippen LogP contribution is -2.35. The van der Waals surface area contributed by atoms with Crippen molar-refractivity contribution in [3.63, 3.8) is 0 Å². The Balaban J connectivity index is 1.35. The number of carbonyl (C=O) groups excluding carboxylic acids is 2. The summed E-state index contributed by atoms with van der Waals surface area (Å²) in [5.74, 6) is -0.296. The molecule has 1 aromatic heterocycles. The molecule has 0 fully saturated rings. The van der Waals surface area contributed by atoms with Gasteiger partial charge in [-0.05, 0) is 79.5 Å². The summed E-state index contributed by atoms with van der Waals surface area (Å²) in [5.41, 5.74) is 3.93. The molecule has 1 N–H and O–H groups in total. The van der Waals surface area contributed by atoms with Gasteiger partial charge in [0.1, 0.15) is 5.00 Å². The van der Waals surface area contributed by atoms with Gasteiger partial charge in [0, 0.05) is 23.5 Å². The van der Waals surface area contributed by atoms with Gasteiger partial charge in [-0.25, -0.2) is 13.2 Å². The fourth-order valence-corrected chi connectivity index (χ4v) is 7.85. The molecule has 2 aromatic carbocycles. The maximum absolute atomic E-state index is 13.3. The van der Waals surface area contributed by atoms with Crippen LogP contribution in [0.5, 0.6) is 0 Å². The fourth-order valence-electron chi connectivity index (χ4n) is 5.04. The van der Waals surface area contributed by atoms with Gasteiger partial charge in [0.15, 0.2) is 0 Å². The minimum absolute atomic E-state index is 0.149. The number of sulfonamides is 1. The summed E-state index contributed by atoms with van der Waals surface area (Å²) < 4.78 is 33.3. The van der Waals surface area contributed by atoms with Crippen LogP contribution in [0.4, 0.5) is 5.00 Å². The molecule has 2 aliphatic rings. The van der Waals surface area contributed by atoms with Crippen LogP contribution < -0.4 is 5.32 Å². The number of anilines is 1. The van der Waals surface area contributed by atoms with Crippen molar-refractivity contribution in [3.8, 4) is 0 Å².